The zero-order chi connectivity index (χ0) is 14.6. The highest BCUT2D eigenvalue weighted by atomic mass is 19.4. The molecule has 1 atom stereocenters. The van der Waals surface area contributed by atoms with Crippen molar-refractivity contribution in [3.63, 3.8) is 0 Å². The molecule has 0 radical (unpaired) electrons. The van der Waals surface area contributed by atoms with Crippen LogP contribution < -0.4 is 5.32 Å². The van der Waals surface area contributed by atoms with Crippen molar-refractivity contribution in [1.82, 2.24) is 5.32 Å². The van der Waals surface area contributed by atoms with Gasteiger partial charge in [-0.1, -0.05) is 6.07 Å². The second kappa shape index (κ2) is 5.87. The molecule has 0 heterocycles. The molecule has 0 aliphatic carbocycles. The molecule has 3 N–H and O–H groups in total. The average molecular weight is 281 g/mol. The van der Waals surface area contributed by atoms with Crippen molar-refractivity contribution in [2.45, 2.75) is 18.7 Å². The standard InChI is InChI=1S/C11H11F4NO3/c12-8-5-6(1-2-7(8)11(13,14)15)9(17)3-4-16-10(18)19/h1-2,5,9,16-17H,3-4H2,(H,18,19). The van der Waals surface area contributed by atoms with Crippen LogP contribution in [0.5, 0.6) is 0 Å². The molecule has 1 rings (SSSR count). The van der Waals surface area contributed by atoms with E-state index < -0.39 is 29.8 Å². The van der Waals surface area contributed by atoms with E-state index in [-0.39, 0.29) is 18.5 Å². The van der Waals surface area contributed by atoms with Gasteiger partial charge in [0.1, 0.15) is 5.82 Å². The fourth-order valence-corrected chi connectivity index (χ4v) is 1.45. The molecule has 1 aromatic rings. The summed E-state index contributed by atoms with van der Waals surface area (Å²) in [7, 11) is 0. The van der Waals surface area contributed by atoms with Gasteiger partial charge in [-0.05, 0) is 24.1 Å². The van der Waals surface area contributed by atoms with Crippen molar-refractivity contribution >= 4 is 6.09 Å². The van der Waals surface area contributed by atoms with Gasteiger partial charge in [-0.2, -0.15) is 13.2 Å². The predicted molar refractivity (Wildman–Crippen MR) is 57.0 cm³/mol. The number of hydrogen-bond donors (Lipinski definition) is 3. The molecule has 8 heteroatoms. The van der Waals surface area contributed by atoms with Crippen molar-refractivity contribution in [3.8, 4) is 0 Å². The summed E-state index contributed by atoms with van der Waals surface area (Å²) in [5.41, 5.74) is -1.45. The molecular formula is C11H11F4NO3. The Hall–Kier alpha value is -1.83. The highest BCUT2D eigenvalue weighted by molar-refractivity contribution is 5.64. The number of rotatable bonds is 4. The smallest absolute Gasteiger partial charge is 0.419 e. The maximum Gasteiger partial charge on any atom is 0.419 e. The Labute approximate surface area is 105 Å². The fraction of sp³-hybridized carbons (Fsp3) is 0.364. The van der Waals surface area contributed by atoms with Gasteiger partial charge in [-0.25, -0.2) is 9.18 Å². The van der Waals surface area contributed by atoms with Gasteiger partial charge in [0.25, 0.3) is 0 Å². The third-order valence-electron chi connectivity index (χ3n) is 2.38. The van der Waals surface area contributed by atoms with Crippen molar-refractivity contribution in [2.24, 2.45) is 0 Å². The van der Waals surface area contributed by atoms with Gasteiger partial charge < -0.3 is 15.5 Å². The number of carbonyl (C=O) groups is 1. The second-order valence-corrected chi connectivity index (χ2v) is 3.77. The fourth-order valence-electron chi connectivity index (χ4n) is 1.45. The zero-order valence-electron chi connectivity index (χ0n) is 9.54. The maximum atomic E-state index is 13.2. The van der Waals surface area contributed by atoms with Gasteiger partial charge in [-0.15, -0.1) is 0 Å². The largest absolute Gasteiger partial charge is 0.465 e. The van der Waals surface area contributed by atoms with Crippen LogP contribution in [0.2, 0.25) is 0 Å². The second-order valence-electron chi connectivity index (χ2n) is 3.77. The van der Waals surface area contributed by atoms with E-state index in [1.54, 1.807) is 0 Å². The molecule has 4 nitrogen and oxygen atoms in total. The van der Waals surface area contributed by atoms with Crippen LogP contribution >= 0.6 is 0 Å². The Kier molecular flexibility index (Phi) is 4.71. The molecule has 1 unspecified atom stereocenters. The summed E-state index contributed by atoms with van der Waals surface area (Å²) in [5.74, 6) is -1.48. The summed E-state index contributed by atoms with van der Waals surface area (Å²) < 4.78 is 50.1. The lowest BCUT2D eigenvalue weighted by Gasteiger charge is -2.13. The first-order chi connectivity index (χ1) is 8.71. The summed E-state index contributed by atoms with van der Waals surface area (Å²) in [6.07, 6.45) is -7.40. The van der Waals surface area contributed by atoms with Crippen LogP contribution in [0.15, 0.2) is 18.2 Å². The lowest BCUT2D eigenvalue weighted by Crippen LogP contribution is -2.23. The van der Waals surface area contributed by atoms with Crippen LogP contribution in [0.1, 0.15) is 23.7 Å². The number of amides is 1. The summed E-state index contributed by atoms with van der Waals surface area (Å²) in [5, 5.41) is 19.8. The Balaban J connectivity index is 2.75. The first-order valence-corrected chi connectivity index (χ1v) is 5.23. The zero-order valence-corrected chi connectivity index (χ0v) is 9.54. The van der Waals surface area contributed by atoms with Crippen molar-refractivity contribution in [1.29, 1.82) is 0 Å². The number of benzene rings is 1. The van der Waals surface area contributed by atoms with Crippen LogP contribution in [0.3, 0.4) is 0 Å². The Morgan fingerprint density at radius 3 is 2.47 bits per heavy atom. The van der Waals surface area contributed by atoms with Gasteiger partial charge in [0.2, 0.25) is 0 Å². The minimum atomic E-state index is -4.79. The third-order valence-corrected chi connectivity index (χ3v) is 2.38. The summed E-state index contributed by atoms with van der Waals surface area (Å²) >= 11 is 0. The molecular weight excluding hydrogens is 270 g/mol. The minimum absolute atomic E-state index is 0.0438. The number of halogens is 4. The maximum absolute atomic E-state index is 13.2. The van der Waals surface area contributed by atoms with E-state index >= 15 is 0 Å². The van der Waals surface area contributed by atoms with Crippen LogP contribution in [-0.2, 0) is 6.18 Å². The number of hydrogen-bond acceptors (Lipinski definition) is 2. The summed E-state index contributed by atoms with van der Waals surface area (Å²) in [6.45, 7) is -0.0981. The van der Waals surface area contributed by atoms with Crippen molar-refractivity contribution < 1.29 is 32.6 Å². The first kappa shape index (κ1) is 15.2. The Morgan fingerprint density at radius 1 is 1.37 bits per heavy atom. The van der Waals surface area contributed by atoms with Gasteiger partial charge in [-0.3, -0.25) is 0 Å². The van der Waals surface area contributed by atoms with Crippen molar-refractivity contribution in [3.05, 3.63) is 35.1 Å². The first-order valence-electron chi connectivity index (χ1n) is 5.23. The van der Waals surface area contributed by atoms with E-state index in [9.17, 15) is 27.5 Å². The molecule has 0 fully saturated rings. The van der Waals surface area contributed by atoms with E-state index in [0.29, 0.717) is 12.1 Å². The van der Waals surface area contributed by atoms with Gasteiger partial charge >= 0.3 is 12.3 Å². The van der Waals surface area contributed by atoms with Gasteiger partial charge in [0, 0.05) is 6.54 Å². The summed E-state index contributed by atoms with van der Waals surface area (Å²) in [4.78, 5) is 10.1. The molecule has 0 saturated heterocycles. The SMILES string of the molecule is O=C(O)NCCC(O)c1ccc(C(F)(F)F)c(F)c1. The van der Waals surface area contributed by atoms with E-state index in [1.807, 2.05) is 5.32 Å². The van der Waals surface area contributed by atoms with E-state index in [0.717, 1.165) is 6.07 Å². The van der Waals surface area contributed by atoms with Crippen LogP contribution in [0.4, 0.5) is 22.4 Å². The molecule has 106 valence electrons. The number of carboxylic acid groups (broad SMARTS) is 1. The van der Waals surface area contributed by atoms with E-state index in [4.69, 9.17) is 5.11 Å². The molecule has 0 aliphatic heterocycles. The molecule has 0 bridgehead atoms. The molecule has 0 aliphatic rings. The number of aliphatic hydroxyl groups is 1. The molecule has 0 spiro atoms. The highest BCUT2D eigenvalue weighted by Crippen LogP contribution is 2.32. The molecule has 19 heavy (non-hydrogen) atoms. The number of aliphatic hydroxyl groups excluding tert-OH is 1. The number of alkyl halides is 3. The lowest BCUT2D eigenvalue weighted by molar-refractivity contribution is -0.140. The number of nitrogens with one attached hydrogen (secondary N) is 1. The third kappa shape index (κ3) is 4.40. The molecule has 0 aromatic heterocycles. The van der Waals surface area contributed by atoms with Gasteiger partial charge in [0.15, 0.2) is 0 Å². The normalized spacial score (nSPS) is 13.1. The van der Waals surface area contributed by atoms with Crippen LogP contribution in [0, 0.1) is 5.82 Å². The average Bonchev–Trinajstić information content (AvgIpc) is 2.26. The quantitative estimate of drug-likeness (QED) is 0.743. The highest BCUT2D eigenvalue weighted by Gasteiger charge is 2.34. The van der Waals surface area contributed by atoms with Crippen LogP contribution in [-0.4, -0.2) is 22.9 Å². The van der Waals surface area contributed by atoms with Gasteiger partial charge in [0.05, 0.1) is 11.7 Å². The Bertz CT molecular complexity index is 462. The monoisotopic (exact) mass is 281 g/mol. The summed E-state index contributed by atoms with van der Waals surface area (Å²) in [6, 6.07) is 2.09. The lowest BCUT2D eigenvalue weighted by atomic mass is 10.0. The van der Waals surface area contributed by atoms with Crippen molar-refractivity contribution in [2.75, 3.05) is 6.54 Å². The molecule has 1 aromatic carbocycles. The molecule has 1 amide bonds. The predicted octanol–water partition coefficient (Wildman–Crippen LogP) is 2.54. The minimum Gasteiger partial charge on any atom is -0.465 e. The van der Waals surface area contributed by atoms with Crippen LogP contribution in [0.25, 0.3) is 0 Å². The molecule has 0 saturated carbocycles. The Morgan fingerprint density at radius 2 is 2.00 bits per heavy atom. The topological polar surface area (TPSA) is 69.6 Å². The van der Waals surface area contributed by atoms with E-state index in [2.05, 4.69) is 0 Å². The van der Waals surface area contributed by atoms with E-state index in [1.165, 1.54) is 0 Å².